The largest absolute Gasteiger partial charge is 0.480 e. The summed E-state index contributed by atoms with van der Waals surface area (Å²) in [5.74, 6) is -4.97. The molecule has 2 rings (SSSR count). The molecule has 1 aliphatic rings. The van der Waals surface area contributed by atoms with Crippen LogP contribution in [0.4, 0.5) is 19.3 Å². The number of carbonyl (C=O) groups excluding carboxylic acids is 1. The number of carboxylic acid groups (broad SMARTS) is 1. The number of anilines is 1. The summed E-state index contributed by atoms with van der Waals surface area (Å²) < 4.78 is 32.1. The first-order valence-electron chi connectivity index (χ1n) is 6.80. The highest BCUT2D eigenvalue weighted by Crippen LogP contribution is 2.63. The maximum atomic E-state index is 13.5. The molecule has 8 heteroatoms. The van der Waals surface area contributed by atoms with Crippen LogP contribution in [-0.2, 0) is 14.9 Å². The quantitative estimate of drug-likeness (QED) is 0.865. The highest BCUT2D eigenvalue weighted by atomic mass is 35.5. The van der Waals surface area contributed by atoms with Crippen molar-refractivity contribution in [2.45, 2.75) is 44.1 Å². The second-order valence-electron chi connectivity index (χ2n) is 6.41. The molecular formula is C15H16ClF2NO4. The first-order chi connectivity index (χ1) is 10.4. The normalized spacial score (nSPS) is 22.3. The molecule has 1 atom stereocenters. The van der Waals surface area contributed by atoms with E-state index in [-0.39, 0.29) is 16.3 Å². The Morgan fingerprint density at radius 3 is 2.30 bits per heavy atom. The fourth-order valence-corrected chi connectivity index (χ4v) is 2.63. The lowest BCUT2D eigenvalue weighted by molar-refractivity contribution is -0.142. The molecule has 0 aliphatic heterocycles. The van der Waals surface area contributed by atoms with Crippen molar-refractivity contribution in [3.05, 3.63) is 28.8 Å². The van der Waals surface area contributed by atoms with Gasteiger partial charge in [0.1, 0.15) is 5.60 Å². The number of benzene rings is 1. The molecule has 5 nitrogen and oxygen atoms in total. The summed E-state index contributed by atoms with van der Waals surface area (Å²) in [6.07, 6.45) is -1.53. The van der Waals surface area contributed by atoms with Gasteiger partial charge in [0.05, 0.1) is 0 Å². The van der Waals surface area contributed by atoms with E-state index in [1.807, 2.05) is 0 Å². The highest BCUT2D eigenvalue weighted by Gasteiger charge is 2.77. The summed E-state index contributed by atoms with van der Waals surface area (Å²) in [5.41, 5.74) is -2.95. The fraction of sp³-hybridized carbons (Fsp3) is 0.467. The van der Waals surface area contributed by atoms with Crippen LogP contribution in [0.1, 0.15) is 32.8 Å². The molecule has 0 spiro atoms. The van der Waals surface area contributed by atoms with E-state index in [1.165, 1.54) is 18.2 Å². The number of nitrogens with one attached hydrogen (secondary N) is 1. The minimum atomic E-state index is -3.34. The van der Waals surface area contributed by atoms with Crippen LogP contribution < -0.4 is 5.32 Å². The molecule has 126 valence electrons. The Morgan fingerprint density at radius 2 is 1.91 bits per heavy atom. The molecule has 0 heterocycles. The summed E-state index contributed by atoms with van der Waals surface area (Å²) >= 11 is 5.95. The maximum Gasteiger partial charge on any atom is 0.412 e. The van der Waals surface area contributed by atoms with Crippen LogP contribution in [0.2, 0.25) is 5.02 Å². The number of amides is 1. The summed E-state index contributed by atoms with van der Waals surface area (Å²) in [4.78, 5) is 22.9. The van der Waals surface area contributed by atoms with Gasteiger partial charge in [-0.25, -0.2) is 13.6 Å². The van der Waals surface area contributed by atoms with Gasteiger partial charge in [-0.05, 0) is 38.5 Å². The van der Waals surface area contributed by atoms with E-state index in [2.05, 4.69) is 5.32 Å². The highest BCUT2D eigenvalue weighted by molar-refractivity contribution is 6.32. The van der Waals surface area contributed by atoms with Crippen molar-refractivity contribution in [3.63, 3.8) is 0 Å². The van der Waals surface area contributed by atoms with E-state index in [0.717, 1.165) is 0 Å². The average molecular weight is 348 g/mol. The Morgan fingerprint density at radius 1 is 1.35 bits per heavy atom. The molecule has 1 amide bonds. The lowest BCUT2D eigenvalue weighted by Gasteiger charge is -2.20. The SMILES string of the molecule is CC(C)(C)OC(=O)Nc1ccc(C2(C(=O)O)CC2(F)F)c(Cl)c1. The molecule has 23 heavy (non-hydrogen) atoms. The van der Waals surface area contributed by atoms with Crippen LogP contribution in [0, 0.1) is 0 Å². The van der Waals surface area contributed by atoms with E-state index < -0.39 is 35.4 Å². The topological polar surface area (TPSA) is 75.6 Å². The number of ether oxygens (including phenoxy) is 1. The summed E-state index contributed by atoms with van der Waals surface area (Å²) in [7, 11) is 0. The third-order valence-electron chi connectivity index (χ3n) is 3.43. The molecule has 1 aliphatic carbocycles. The zero-order valence-corrected chi connectivity index (χ0v) is 13.5. The Bertz CT molecular complexity index is 672. The van der Waals surface area contributed by atoms with Crippen molar-refractivity contribution in [2.75, 3.05) is 5.32 Å². The predicted molar refractivity (Wildman–Crippen MR) is 80.2 cm³/mol. The molecule has 0 saturated heterocycles. The van der Waals surface area contributed by atoms with Gasteiger partial charge in [-0.2, -0.15) is 0 Å². The lowest BCUT2D eigenvalue weighted by atomic mass is 9.95. The van der Waals surface area contributed by atoms with E-state index >= 15 is 0 Å². The van der Waals surface area contributed by atoms with E-state index in [1.54, 1.807) is 20.8 Å². The van der Waals surface area contributed by atoms with Gasteiger partial charge in [0.25, 0.3) is 5.92 Å². The minimum Gasteiger partial charge on any atom is -0.480 e. The molecule has 1 unspecified atom stereocenters. The molecule has 2 N–H and O–H groups in total. The number of hydrogen-bond acceptors (Lipinski definition) is 3. The van der Waals surface area contributed by atoms with Gasteiger partial charge in [0, 0.05) is 17.1 Å². The number of aliphatic carboxylic acids is 1. The molecule has 0 bridgehead atoms. The van der Waals surface area contributed by atoms with Crippen LogP contribution >= 0.6 is 11.6 Å². The van der Waals surface area contributed by atoms with Gasteiger partial charge >= 0.3 is 12.1 Å². The van der Waals surface area contributed by atoms with Crippen molar-refractivity contribution in [1.82, 2.24) is 0 Å². The third-order valence-corrected chi connectivity index (χ3v) is 3.74. The summed E-state index contributed by atoms with van der Waals surface area (Å²) in [5, 5.41) is 11.4. The monoisotopic (exact) mass is 347 g/mol. The summed E-state index contributed by atoms with van der Waals surface area (Å²) in [6.45, 7) is 5.07. The number of carbonyl (C=O) groups is 2. The number of carboxylic acids is 1. The third kappa shape index (κ3) is 3.24. The molecule has 1 aromatic rings. The van der Waals surface area contributed by atoms with Gasteiger partial charge in [-0.1, -0.05) is 17.7 Å². The van der Waals surface area contributed by atoms with Gasteiger partial charge in [0.2, 0.25) is 0 Å². The van der Waals surface area contributed by atoms with Crippen molar-refractivity contribution in [2.24, 2.45) is 0 Å². The van der Waals surface area contributed by atoms with Crippen LogP contribution in [0.3, 0.4) is 0 Å². The first kappa shape index (κ1) is 17.5. The smallest absolute Gasteiger partial charge is 0.412 e. The van der Waals surface area contributed by atoms with Crippen molar-refractivity contribution < 1.29 is 28.2 Å². The van der Waals surface area contributed by atoms with Crippen LogP contribution in [0.25, 0.3) is 0 Å². The zero-order chi connectivity index (χ0) is 17.6. The number of alkyl halides is 2. The van der Waals surface area contributed by atoms with Gasteiger partial charge in [-0.3, -0.25) is 10.1 Å². The molecule has 1 fully saturated rings. The van der Waals surface area contributed by atoms with Gasteiger partial charge in [0.15, 0.2) is 5.41 Å². The second-order valence-corrected chi connectivity index (χ2v) is 6.82. The van der Waals surface area contributed by atoms with E-state index in [0.29, 0.717) is 0 Å². The number of hydrogen-bond donors (Lipinski definition) is 2. The molecular weight excluding hydrogens is 332 g/mol. The van der Waals surface area contributed by atoms with Crippen LogP contribution in [0.5, 0.6) is 0 Å². The second kappa shape index (κ2) is 5.33. The Labute approximate surface area is 136 Å². The Hall–Kier alpha value is -1.89. The standard InChI is InChI=1S/C15H16ClF2NO4/c1-13(2,3)23-12(22)19-8-4-5-9(10(16)6-8)14(11(20)21)7-15(14,17)18/h4-6H,7H2,1-3H3,(H,19,22)(H,20,21). The first-order valence-corrected chi connectivity index (χ1v) is 7.18. The van der Waals surface area contributed by atoms with Crippen molar-refractivity contribution in [1.29, 1.82) is 0 Å². The minimum absolute atomic E-state index is 0.155. The Balaban J connectivity index is 2.23. The predicted octanol–water partition coefficient (Wildman–Crippen LogP) is 4.05. The average Bonchev–Trinajstić information content (AvgIpc) is 2.91. The fourth-order valence-electron chi connectivity index (χ4n) is 2.29. The van der Waals surface area contributed by atoms with Crippen molar-refractivity contribution >= 4 is 29.4 Å². The molecule has 1 saturated carbocycles. The Kier molecular flexibility index (Phi) is 4.05. The van der Waals surface area contributed by atoms with E-state index in [4.69, 9.17) is 21.4 Å². The molecule has 0 aromatic heterocycles. The van der Waals surface area contributed by atoms with Crippen LogP contribution in [-0.4, -0.2) is 28.7 Å². The number of rotatable bonds is 3. The van der Waals surface area contributed by atoms with Crippen molar-refractivity contribution in [3.8, 4) is 0 Å². The van der Waals surface area contributed by atoms with E-state index in [9.17, 15) is 18.4 Å². The zero-order valence-electron chi connectivity index (χ0n) is 12.7. The van der Waals surface area contributed by atoms with Gasteiger partial charge in [-0.15, -0.1) is 0 Å². The summed E-state index contributed by atoms with van der Waals surface area (Å²) in [6, 6.07) is 3.72. The van der Waals surface area contributed by atoms with Crippen LogP contribution in [0.15, 0.2) is 18.2 Å². The number of halogens is 3. The maximum absolute atomic E-state index is 13.5. The lowest BCUT2D eigenvalue weighted by Crippen LogP contribution is -2.28. The molecule has 0 radical (unpaired) electrons. The molecule has 1 aromatic carbocycles. The van der Waals surface area contributed by atoms with Gasteiger partial charge < -0.3 is 9.84 Å².